The summed E-state index contributed by atoms with van der Waals surface area (Å²) in [6, 6.07) is 9.91. The predicted molar refractivity (Wildman–Crippen MR) is 75.2 cm³/mol. The molecule has 0 radical (unpaired) electrons. The summed E-state index contributed by atoms with van der Waals surface area (Å²) in [5, 5.41) is 12.2. The lowest BCUT2D eigenvalue weighted by molar-refractivity contribution is 0.933. The van der Waals surface area contributed by atoms with Crippen LogP contribution in [-0.4, -0.2) is 16.7 Å². The third-order valence-corrected chi connectivity index (χ3v) is 3.08. The lowest BCUT2D eigenvalue weighted by atomic mass is 10.1. The van der Waals surface area contributed by atoms with Crippen molar-refractivity contribution in [1.82, 2.24) is 10.2 Å². The van der Waals surface area contributed by atoms with E-state index in [1.165, 1.54) is 5.56 Å². The molecule has 18 heavy (non-hydrogen) atoms. The number of rotatable bonds is 4. The molecule has 2 aromatic rings. The van der Waals surface area contributed by atoms with E-state index in [9.17, 15) is 0 Å². The van der Waals surface area contributed by atoms with Crippen LogP contribution in [0.2, 0.25) is 5.02 Å². The van der Waals surface area contributed by atoms with Crippen LogP contribution in [0.4, 0.5) is 5.82 Å². The van der Waals surface area contributed by atoms with Gasteiger partial charge in [-0.3, -0.25) is 0 Å². The molecule has 0 aliphatic rings. The van der Waals surface area contributed by atoms with Crippen LogP contribution in [0.15, 0.2) is 30.3 Å². The highest BCUT2D eigenvalue weighted by atomic mass is 35.5. The van der Waals surface area contributed by atoms with E-state index in [2.05, 4.69) is 21.6 Å². The molecule has 1 N–H and O–H groups in total. The number of halogens is 1. The van der Waals surface area contributed by atoms with Gasteiger partial charge in [-0.1, -0.05) is 23.7 Å². The highest BCUT2D eigenvalue weighted by molar-refractivity contribution is 6.30. The number of nitrogens with zero attached hydrogens (tertiary/aromatic N) is 2. The van der Waals surface area contributed by atoms with Gasteiger partial charge in [0, 0.05) is 11.6 Å². The predicted octanol–water partition coefficient (Wildman–Crippen LogP) is 3.40. The fourth-order valence-electron chi connectivity index (χ4n) is 1.66. The van der Waals surface area contributed by atoms with Gasteiger partial charge >= 0.3 is 0 Å². The maximum absolute atomic E-state index is 5.94. The Morgan fingerprint density at radius 1 is 1.17 bits per heavy atom. The third kappa shape index (κ3) is 3.44. The highest BCUT2D eigenvalue weighted by Gasteiger charge is 1.99. The average Bonchev–Trinajstić information content (AvgIpc) is 2.34. The lowest BCUT2D eigenvalue weighted by Gasteiger charge is -2.07. The zero-order valence-corrected chi connectivity index (χ0v) is 11.3. The molecule has 1 heterocycles. The summed E-state index contributed by atoms with van der Waals surface area (Å²) < 4.78 is 0. The van der Waals surface area contributed by atoms with Crippen molar-refractivity contribution in [2.45, 2.75) is 20.3 Å². The second-order valence-electron chi connectivity index (χ2n) is 4.30. The molecule has 0 saturated heterocycles. The topological polar surface area (TPSA) is 37.8 Å². The Balaban J connectivity index is 1.90. The van der Waals surface area contributed by atoms with Gasteiger partial charge in [-0.05, 0) is 49.6 Å². The van der Waals surface area contributed by atoms with E-state index in [-0.39, 0.29) is 0 Å². The van der Waals surface area contributed by atoms with Crippen LogP contribution >= 0.6 is 11.6 Å². The van der Waals surface area contributed by atoms with E-state index >= 15 is 0 Å². The molecule has 4 heteroatoms. The standard InChI is InChI=1S/C14H16ClN3/c1-10-8-14(18-17-11(10)2)16-7-6-12-4-3-5-13(15)9-12/h3-5,8-9H,6-7H2,1-2H3,(H,16,18). The van der Waals surface area contributed by atoms with Crippen LogP contribution in [-0.2, 0) is 6.42 Å². The molecule has 94 valence electrons. The molecule has 1 aromatic heterocycles. The number of hydrogen-bond donors (Lipinski definition) is 1. The maximum atomic E-state index is 5.94. The first-order valence-electron chi connectivity index (χ1n) is 5.94. The molecule has 0 aliphatic heterocycles. The maximum Gasteiger partial charge on any atom is 0.148 e. The molecule has 3 nitrogen and oxygen atoms in total. The Morgan fingerprint density at radius 2 is 2.00 bits per heavy atom. The molecule has 0 bridgehead atoms. The van der Waals surface area contributed by atoms with E-state index in [4.69, 9.17) is 11.6 Å². The van der Waals surface area contributed by atoms with Gasteiger partial charge in [-0.2, -0.15) is 5.10 Å². The van der Waals surface area contributed by atoms with Crippen molar-refractivity contribution in [3.05, 3.63) is 52.2 Å². The lowest BCUT2D eigenvalue weighted by Crippen LogP contribution is -2.07. The summed E-state index contributed by atoms with van der Waals surface area (Å²) in [6.07, 6.45) is 0.912. The van der Waals surface area contributed by atoms with Crippen molar-refractivity contribution in [2.24, 2.45) is 0 Å². The number of aromatic nitrogens is 2. The van der Waals surface area contributed by atoms with Crippen LogP contribution in [0.3, 0.4) is 0 Å². The molecular weight excluding hydrogens is 246 g/mol. The van der Waals surface area contributed by atoms with Gasteiger partial charge in [-0.15, -0.1) is 5.10 Å². The summed E-state index contributed by atoms with van der Waals surface area (Å²) >= 11 is 5.94. The van der Waals surface area contributed by atoms with Gasteiger partial charge < -0.3 is 5.32 Å². The molecule has 0 saturated carbocycles. The summed E-state index contributed by atoms with van der Waals surface area (Å²) in [5.41, 5.74) is 3.33. The largest absolute Gasteiger partial charge is 0.368 e. The summed E-state index contributed by atoms with van der Waals surface area (Å²) in [5.74, 6) is 0.820. The molecular formula is C14H16ClN3. The van der Waals surface area contributed by atoms with E-state index in [0.717, 1.165) is 35.1 Å². The average molecular weight is 262 g/mol. The van der Waals surface area contributed by atoms with Gasteiger partial charge in [0.15, 0.2) is 0 Å². The number of nitrogens with one attached hydrogen (secondary N) is 1. The molecule has 0 fully saturated rings. The minimum Gasteiger partial charge on any atom is -0.368 e. The van der Waals surface area contributed by atoms with Gasteiger partial charge in [-0.25, -0.2) is 0 Å². The molecule has 0 unspecified atom stereocenters. The fourth-order valence-corrected chi connectivity index (χ4v) is 1.87. The summed E-state index contributed by atoms with van der Waals surface area (Å²) in [6.45, 7) is 4.81. The molecule has 0 atom stereocenters. The first kappa shape index (κ1) is 12.8. The van der Waals surface area contributed by atoms with Gasteiger partial charge in [0.1, 0.15) is 5.82 Å². The van der Waals surface area contributed by atoms with Crippen molar-refractivity contribution < 1.29 is 0 Å². The second kappa shape index (κ2) is 5.83. The summed E-state index contributed by atoms with van der Waals surface area (Å²) in [7, 11) is 0. The first-order chi connectivity index (χ1) is 8.65. The Hall–Kier alpha value is -1.61. The van der Waals surface area contributed by atoms with Crippen molar-refractivity contribution in [1.29, 1.82) is 0 Å². The summed E-state index contributed by atoms with van der Waals surface area (Å²) in [4.78, 5) is 0. The Morgan fingerprint density at radius 3 is 2.72 bits per heavy atom. The SMILES string of the molecule is Cc1cc(NCCc2cccc(Cl)c2)nnc1C. The monoisotopic (exact) mass is 261 g/mol. The van der Waals surface area contributed by atoms with Gasteiger partial charge in [0.05, 0.1) is 5.69 Å². The zero-order valence-electron chi connectivity index (χ0n) is 10.6. The van der Waals surface area contributed by atoms with Crippen LogP contribution in [0, 0.1) is 13.8 Å². The van der Waals surface area contributed by atoms with Crippen LogP contribution in [0.5, 0.6) is 0 Å². The second-order valence-corrected chi connectivity index (χ2v) is 4.74. The smallest absolute Gasteiger partial charge is 0.148 e. The number of aryl methyl sites for hydroxylation is 2. The van der Waals surface area contributed by atoms with E-state index in [1.807, 2.05) is 38.1 Å². The van der Waals surface area contributed by atoms with Crippen molar-refractivity contribution in [3.8, 4) is 0 Å². The number of anilines is 1. The molecule has 1 aromatic carbocycles. The molecule has 2 rings (SSSR count). The highest BCUT2D eigenvalue weighted by Crippen LogP contribution is 2.12. The van der Waals surface area contributed by atoms with Gasteiger partial charge in [0.2, 0.25) is 0 Å². The Labute approximate surface area is 112 Å². The number of benzene rings is 1. The fraction of sp³-hybridized carbons (Fsp3) is 0.286. The Kier molecular flexibility index (Phi) is 4.15. The minimum atomic E-state index is 0.776. The van der Waals surface area contributed by atoms with Crippen molar-refractivity contribution in [2.75, 3.05) is 11.9 Å². The van der Waals surface area contributed by atoms with Crippen LogP contribution in [0.25, 0.3) is 0 Å². The van der Waals surface area contributed by atoms with Crippen LogP contribution in [0.1, 0.15) is 16.8 Å². The minimum absolute atomic E-state index is 0.776. The van der Waals surface area contributed by atoms with E-state index in [1.54, 1.807) is 0 Å². The van der Waals surface area contributed by atoms with Crippen molar-refractivity contribution >= 4 is 17.4 Å². The molecule has 0 spiro atoms. The van der Waals surface area contributed by atoms with E-state index in [0.29, 0.717) is 0 Å². The quantitative estimate of drug-likeness (QED) is 0.917. The van der Waals surface area contributed by atoms with Crippen molar-refractivity contribution in [3.63, 3.8) is 0 Å². The van der Waals surface area contributed by atoms with Crippen LogP contribution < -0.4 is 5.32 Å². The Bertz CT molecular complexity index is 540. The first-order valence-corrected chi connectivity index (χ1v) is 6.32. The number of hydrogen-bond acceptors (Lipinski definition) is 3. The zero-order chi connectivity index (χ0) is 13.0. The van der Waals surface area contributed by atoms with E-state index < -0.39 is 0 Å². The molecule has 0 amide bonds. The molecule has 0 aliphatic carbocycles. The third-order valence-electron chi connectivity index (χ3n) is 2.84. The van der Waals surface area contributed by atoms with Gasteiger partial charge in [0.25, 0.3) is 0 Å². The normalized spacial score (nSPS) is 10.4.